The first-order chi connectivity index (χ1) is 8.16. The van der Waals surface area contributed by atoms with E-state index in [0.29, 0.717) is 5.82 Å². The highest BCUT2D eigenvalue weighted by Crippen LogP contribution is 2.32. The molecule has 1 aliphatic heterocycles. The minimum Gasteiger partial charge on any atom is -0.493 e. The van der Waals surface area contributed by atoms with Gasteiger partial charge >= 0.3 is 0 Å². The second-order valence-corrected chi connectivity index (χ2v) is 4.40. The molecule has 0 saturated carbocycles. The number of fused-ring (bicyclic) bond motifs is 1. The van der Waals surface area contributed by atoms with Crippen LogP contribution in [-0.2, 0) is 13.5 Å². The summed E-state index contributed by atoms with van der Waals surface area (Å²) in [4.78, 5) is 0. The van der Waals surface area contributed by atoms with Crippen molar-refractivity contribution in [3.8, 4) is 17.0 Å². The average molecular weight is 229 g/mol. The van der Waals surface area contributed by atoms with E-state index in [4.69, 9.17) is 10.5 Å². The first-order valence-electron chi connectivity index (χ1n) is 5.72. The van der Waals surface area contributed by atoms with Crippen LogP contribution in [0, 0.1) is 6.92 Å². The molecule has 0 saturated heterocycles. The van der Waals surface area contributed by atoms with Crippen molar-refractivity contribution in [2.24, 2.45) is 7.05 Å². The molecule has 0 fully saturated rings. The zero-order valence-electron chi connectivity index (χ0n) is 10.0. The molecule has 2 N–H and O–H groups in total. The lowest BCUT2D eigenvalue weighted by atomic mass is 10.0. The third-order valence-corrected chi connectivity index (χ3v) is 3.28. The van der Waals surface area contributed by atoms with E-state index in [1.54, 1.807) is 0 Å². The lowest BCUT2D eigenvalue weighted by Gasteiger charge is -2.06. The van der Waals surface area contributed by atoms with Gasteiger partial charge in [-0.3, -0.25) is 4.68 Å². The van der Waals surface area contributed by atoms with E-state index in [0.717, 1.165) is 35.6 Å². The summed E-state index contributed by atoms with van der Waals surface area (Å²) >= 11 is 0. The molecule has 0 spiro atoms. The highest BCUT2D eigenvalue weighted by atomic mass is 16.5. The SMILES string of the molecule is Cc1c(N)nn(C)c1-c1ccc2c(c1)CCO2. The highest BCUT2D eigenvalue weighted by molar-refractivity contribution is 5.70. The second-order valence-electron chi connectivity index (χ2n) is 4.40. The van der Waals surface area contributed by atoms with Crippen LogP contribution in [-0.4, -0.2) is 16.4 Å². The summed E-state index contributed by atoms with van der Waals surface area (Å²) in [5.41, 5.74) is 10.4. The second kappa shape index (κ2) is 3.52. The number of hydrogen-bond acceptors (Lipinski definition) is 3. The minimum absolute atomic E-state index is 0.597. The van der Waals surface area contributed by atoms with Crippen LogP contribution < -0.4 is 10.5 Å². The Morgan fingerprint density at radius 2 is 2.24 bits per heavy atom. The summed E-state index contributed by atoms with van der Waals surface area (Å²) in [6.45, 7) is 2.78. The largest absolute Gasteiger partial charge is 0.493 e. The van der Waals surface area contributed by atoms with Gasteiger partial charge < -0.3 is 10.5 Å². The Balaban J connectivity index is 2.15. The van der Waals surface area contributed by atoms with Crippen LogP contribution in [0.15, 0.2) is 18.2 Å². The number of nitrogen functional groups attached to an aromatic ring is 1. The summed E-state index contributed by atoms with van der Waals surface area (Å²) in [5.74, 6) is 1.60. The normalized spacial score (nSPS) is 13.5. The van der Waals surface area contributed by atoms with Crippen molar-refractivity contribution in [3.05, 3.63) is 29.3 Å². The monoisotopic (exact) mass is 229 g/mol. The van der Waals surface area contributed by atoms with Gasteiger partial charge in [0, 0.05) is 24.6 Å². The van der Waals surface area contributed by atoms with Crippen molar-refractivity contribution in [3.63, 3.8) is 0 Å². The number of ether oxygens (including phenoxy) is 1. The Labute approximate surface area is 100 Å². The first kappa shape index (κ1) is 10.2. The van der Waals surface area contributed by atoms with Crippen LogP contribution in [0.4, 0.5) is 5.82 Å². The van der Waals surface area contributed by atoms with Crippen LogP contribution in [0.5, 0.6) is 5.75 Å². The van der Waals surface area contributed by atoms with Crippen molar-refractivity contribution in [1.82, 2.24) is 9.78 Å². The maximum absolute atomic E-state index is 5.83. The molecule has 88 valence electrons. The van der Waals surface area contributed by atoms with Gasteiger partial charge in [0.1, 0.15) is 11.6 Å². The zero-order chi connectivity index (χ0) is 12.0. The fraction of sp³-hybridized carbons (Fsp3) is 0.308. The first-order valence-corrected chi connectivity index (χ1v) is 5.72. The molecule has 3 rings (SSSR count). The fourth-order valence-corrected chi connectivity index (χ4v) is 2.39. The molecule has 4 nitrogen and oxygen atoms in total. The third-order valence-electron chi connectivity index (χ3n) is 3.28. The van der Waals surface area contributed by atoms with E-state index < -0.39 is 0 Å². The van der Waals surface area contributed by atoms with Crippen molar-refractivity contribution in [2.75, 3.05) is 12.3 Å². The smallest absolute Gasteiger partial charge is 0.148 e. The van der Waals surface area contributed by atoms with Crippen molar-refractivity contribution >= 4 is 5.82 Å². The maximum atomic E-state index is 5.83. The molecule has 2 heterocycles. The summed E-state index contributed by atoms with van der Waals surface area (Å²) in [6.07, 6.45) is 0.982. The van der Waals surface area contributed by atoms with Gasteiger partial charge in [0.05, 0.1) is 12.3 Å². The molecular formula is C13H15N3O. The molecule has 0 amide bonds. The molecule has 0 radical (unpaired) electrons. The van der Waals surface area contributed by atoms with Gasteiger partial charge in [0.25, 0.3) is 0 Å². The summed E-state index contributed by atoms with van der Waals surface area (Å²) in [6, 6.07) is 6.26. The number of rotatable bonds is 1. The topological polar surface area (TPSA) is 53.1 Å². The fourth-order valence-electron chi connectivity index (χ4n) is 2.39. The molecule has 1 aliphatic rings. The van der Waals surface area contributed by atoms with Crippen LogP contribution in [0.25, 0.3) is 11.3 Å². The Hall–Kier alpha value is -1.97. The van der Waals surface area contributed by atoms with E-state index >= 15 is 0 Å². The number of aryl methyl sites for hydroxylation is 1. The van der Waals surface area contributed by atoms with Gasteiger partial charge in [-0.25, -0.2) is 0 Å². The standard InChI is InChI=1S/C13H15N3O/c1-8-12(16(2)15-13(8)14)10-3-4-11-9(7-10)5-6-17-11/h3-4,7H,5-6H2,1-2H3,(H2,14,15). The number of anilines is 1. The third kappa shape index (κ3) is 1.48. The molecule has 0 unspecified atom stereocenters. The van der Waals surface area contributed by atoms with Crippen molar-refractivity contribution in [2.45, 2.75) is 13.3 Å². The molecule has 1 aromatic heterocycles. The molecule has 2 aromatic rings. The molecule has 0 aliphatic carbocycles. The van der Waals surface area contributed by atoms with E-state index in [9.17, 15) is 0 Å². The van der Waals surface area contributed by atoms with Gasteiger partial charge in [-0.1, -0.05) is 0 Å². The van der Waals surface area contributed by atoms with Gasteiger partial charge in [-0.05, 0) is 30.7 Å². The van der Waals surface area contributed by atoms with Crippen LogP contribution in [0.3, 0.4) is 0 Å². The van der Waals surface area contributed by atoms with Gasteiger partial charge in [0.2, 0.25) is 0 Å². The lowest BCUT2D eigenvalue weighted by Crippen LogP contribution is -1.95. The lowest BCUT2D eigenvalue weighted by molar-refractivity contribution is 0.357. The Morgan fingerprint density at radius 1 is 1.41 bits per heavy atom. The molecule has 17 heavy (non-hydrogen) atoms. The van der Waals surface area contributed by atoms with Crippen LogP contribution in [0.2, 0.25) is 0 Å². The van der Waals surface area contributed by atoms with Gasteiger partial charge in [0.15, 0.2) is 0 Å². The highest BCUT2D eigenvalue weighted by Gasteiger charge is 2.16. The predicted molar refractivity (Wildman–Crippen MR) is 67.0 cm³/mol. The number of benzene rings is 1. The van der Waals surface area contributed by atoms with Crippen molar-refractivity contribution in [1.29, 1.82) is 0 Å². The van der Waals surface area contributed by atoms with E-state index in [-0.39, 0.29) is 0 Å². The van der Waals surface area contributed by atoms with Gasteiger partial charge in [-0.15, -0.1) is 0 Å². The van der Waals surface area contributed by atoms with E-state index in [1.807, 2.05) is 24.7 Å². The number of nitrogens with two attached hydrogens (primary N) is 1. The molecule has 0 bridgehead atoms. The van der Waals surface area contributed by atoms with Crippen LogP contribution in [0.1, 0.15) is 11.1 Å². The van der Waals surface area contributed by atoms with Crippen molar-refractivity contribution < 1.29 is 4.74 Å². The minimum atomic E-state index is 0.597. The molecule has 4 heteroatoms. The summed E-state index contributed by atoms with van der Waals surface area (Å²) in [5, 5.41) is 4.24. The number of nitrogens with zero attached hydrogens (tertiary/aromatic N) is 2. The summed E-state index contributed by atoms with van der Waals surface area (Å²) in [7, 11) is 1.92. The van der Waals surface area contributed by atoms with Crippen LogP contribution >= 0.6 is 0 Å². The molecular weight excluding hydrogens is 214 g/mol. The summed E-state index contributed by atoms with van der Waals surface area (Å²) < 4.78 is 7.34. The predicted octanol–water partition coefficient (Wildman–Crippen LogP) is 1.91. The Bertz CT molecular complexity index is 587. The number of hydrogen-bond donors (Lipinski definition) is 1. The van der Waals surface area contributed by atoms with E-state index in [1.165, 1.54) is 5.56 Å². The number of aromatic nitrogens is 2. The average Bonchev–Trinajstić information content (AvgIpc) is 2.84. The Morgan fingerprint density at radius 3 is 2.94 bits per heavy atom. The maximum Gasteiger partial charge on any atom is 0.148 e. The molecule has 0 atom stereocenters. The zero-order valence-corrected chi connectivity index (χ0v) is 10.0. The van der Waals surface area contributed by atoms with Gasteiger partial charge in [-0.2, -0.15) is 5.10 Å². The quantitative estimate of drug-likeness (QED) is 0.812. The Kier molecular flexibility index (Phi) is 2.11. The van der Waals surface area contributed by atoms with E-state index in [2.05, 4.69) is 17.2 Å². The molecule has 1 aromatic carbocycles.